The van der Waals surface area contributed by atoms with E-state index in [0.717, 1.165) is 35.5 Å². The molecule has 0 spiro atoms. The third-order valence-electron chi connectivity index (χ3n) is 4.77. The van der Waals surface area contributed by atoms with Gasteiger partial charge in [-0.3, -0.25) is 9.69 Å². The van der Waals surface area contributed by atoms with E-state index in [2.05, 4.69) is 41.4 Å². The number of nitrogens with one attached hydrogen (secondary N) is 1. The summed E-state index contributed by atoms with van der Waals surface area (Å²) in [6.07, 6.45) is 3.59. The van der Waals surface area contributed by atoms with Crippen molar-refractivity contribution in [3.63, 3.8) is 0 Å². The number of benzene rings is 2. The Morgan fingerprint density at radius 2 is 1.71 bits per heavy atom. The molecule has 0 radical (unpaired) electrons. The normalized spacial score (nSPS) is 16.6. The maximum Gasteiger partial charge on any atom is 0.246 e. The van der Waals surface area contributed by atoms with Gasteiger partial charge in [0.05, 0.1) is 0 Å². The quantitative estimate of drug-likeness (QED) is 0.901. The van der Waals surface area contributed by atoms with Crippen molar-refractivity contribution < 1.29 is 4.79 Å². The first-order valence-electron chi connectivity index (χ1n) is 8.82. The predicted molar refractivity (Wildman–Crippen MR) is 99.2 cm³/mol. The second-order valence-corrected chi connectivity index (χ2v) is 6.72. The number of rotatable bonds is 4. The molecule has 1 atom stereocenters. The van der Waals surface area contributed by atoms with Crippen molar-refractivity contribution in [1.82, 2.24) is 4.90 Å². The standard InChI is InChI=1S/C21H26N2O/c1-16-11-12-17(2)19(15-16)22-21(24)20(18-9-5-3-6-10-18)23-13-7-4-8-14-23/h3,5-6,9-12,15,20H,4,7-8,13-14H2,1-2H3,(H,22,24)/t20-/m1/s1. The number of piperidine rings is 1. The molecule has 0 aromatic heterocycles. The smallest absolute Gasteiger partial charge is 0.246 e. The van der Waals surface area contributed by atoms with Gasteiger partial charge in [0.1, 0.15) is 6.04 Å². The van der Waals surface area contributed by atoms with Crippen molar-refractivity contribution in [2.75, 3.05) is 18.4 Å². The topological polar surface area (TPSA) is 32.3 Å². The van der Waals surface area contributed by atoms with Crippen LogP contribution in [-0.4, -0.2) is 23.9 Å². The van der Waals surface area contributed by atoms with Crippen LogP contribution in [0.25, 0.3) is 0 Å². The van der Waals surface area contributed by atoms with Gasteiger partial charge in [-0.25, -0.2) is 0 Å². The summed E-state index contributed by atoms with van der Waals surface area (Å²) < 4.78 is 0. The SMILES string of the molecule is Cc1ccc(C)c(NC(=O)[C@@H](c2ccccc2)N2CCCCC2)c1. The molecule has 2 aromatic carbocycles. The number of hydrogen-bond acceptors (Lipinski definition) is 2. The van der Waals surface area contributed by atoms with Gasteiger partial charge in [-0.05, 0) is 62.5 Å². The monoisotopic (exact) mass is 322 g/mol. The third kappa shape index (κ3) is 3.85. The van der Waals surface area contributed by atoms with E-state index >= 15 is 0 Å². The number of aryl methyl sites for hydroxylation is 2. The second kappa shape index (κ2) is 7.63. The Labute approximate surface area is 144 Å². The second-order valence-electron chi connectivity index (χ2n) is 6.72. The van der Waals surface area contributed by atoms with Gasteiger partial charge in [-0.15, -0.1) is 0 Å². The maximum atomic E-state index is 13.1. The van der Waals surface area contributed by atoms with Crippen molar-refractivity contribution >= 4 is 11.6 Å². The zero-order valence-electron chi connectivity index (χ0n) is 14.6. The Morgan fingerprint density at radius 1 is 1.00 bits per heavy atom. The van der Waals surface area contributed by atoms with E-state index in [0.29, 0.717) is 0 Å². The van der Waals surface area contributed by atoms with E-state index in [1.54, 1.807) is 0 Å². The van der Waals surface area contributed by atoms with Crippen LogP contribution >= 0.6 is 0 Å². The Morgan fingerprint density at radius 3 is 2.42 bits per heavy atom. The molecular weight excluding hydrogens is 296 g/mol. The zero-order valence-corrected chi connectivity index (χ0v) is 14.6. The minimum Gasteiger partial charge on any atom is -0.324 e. The lowest BCUT2D eigenvalue weighted by molar-refractivity contribution is -0.122. The number of carbonyl (C=O) groups excluding carboxylic acids is 1. The lowest BCUT2D eigenvalue weighted by atomic mass is 10.0. The Kier molecular flexibility index (Phi) is 5.31. The number of likely N-dealkylation sites (tertiary alicyclic amines) is 1. The van der Waals surface area contributed by atoms with E-state index in [9.17, 15) is 4.79 Å². The van der Waals surface area contributed by atoms with Gasteiger partial charge in [0, 0.05) is 5.69 Å². The van der Waals surface area contributed by atoms with Gasteiger partial charge in [0.25, 0.3) is 0 Å². The maximum absolute atomic E-state index is 13.1. The largest absolute Gasteiger partial charge is 0.324 e. The number of amides is 1. The molecule has 2 aromatic rings. The number of hydrogen-bond donors (Lipinski definition) is 1. The lowest BCUT2D eigenvalue weighted by Crippen LogP contribution is -2.40. The number of nitrogens with zero attached hydrogens (tertiary/aromatic N) is 1. The van der Waals surface area contributed by atoms with Crippen LogP contribution < -0.4 is 5.32 Å². The molecule has 1 N–H and O–H groups in total. The van der Waals surface area contributed by atoms with Crippen LogP contribution in [0.4, 0.5) is 5.69 Å². The van der Waals surface area contributed by atoms with Crippen molar-refractivity contribution in [2.24, 2.45) is 0 Å². The van der Waals surface area contributed by atoms with Gasteiger partial charge in [0.2, 0.25) is 5.91 Å². The summed E-state index contributed by atoms with van der Waals surface area (Å²) in [6.45, 7) is 6.06. The molecule has 1 fully saturated rings. The van der Waals surface area contributed by atoms with Crippen LogP contribution in [0.2, 0.25) is 0 Å². The first-order valence-corrected chi connectivity index (χ1v) is 8.82. The molecule has 1 saturated heterocycles. The molecule has 0 unspecified atom stereocenters. The van der Waals surface area contributed by atoms with E-state index < -0.39 is 0 Å². The van der Waals surface area contributed by atoms with Crippen LogP contribution in [-0.2, 0) is 4.79 Å². The van der Waals surface area contributed by atoms with Crippen molar-refractivity contribution in [2.45, 2.75) is 39.2 Å². The van der Waals surface area contributed by atoms with Crippen LogP contribution in [0.3, 0.4) is 0 Å². The fourth-order valence-electron chi connectivity index (χ4n) is 3.41. The molecule has 24 heavy (non-hydrogen) atoms. The van der Waals surface area contributed by atoms with Crippen molar-refractivity contribution in [3.8, 4) is 0 Å². The van der Waals surface area contributed by atoms with Gasteiger partial charge < -0.3 is 5.32 Å². The molecule has 3 rings (SSSR count). The highest BCUT2D eigenvalue weighted by atomic mass is 16.2. The summed E-state index contributed by atoms with van der Waals surface area (Å²) in [7, 11) is 0. The minimum absolute atomic E-state index is 0.0665. The lowest BCUT2D eigenvalue weighted by Gasteiger charge is -2.34. The molecule has 3 heteroatoms. The molecule has 3 nitrogen and oxygen atoms in total. The highest BCUT2D eigenvalue weighted by Crippen LogP contribution is 2.27. The Balaban J connectivity index is 1.87. The molecule has 126 valence electrons. The summed E-state index contributed by atoms with van der Waals surface area (Å²) in [6, 6.07) is 16.1. The molecule has 1 aliphatic heterocycles. The van der Waals surface area contributed by atoms with Gasteiger partial charge in [0.15, 0.2) is 0 Å². The molecular formula is C21H26N2O. The third-order valence-corrected chi connectivity index (χ3v) is 4.77. The first-order chi connectivity index (χ1) is 11.6. The highest BCUT2D eigenvalue weighted by molar-refractivity contribution is 5.96. The molecule has 1 amide bonds. The first kappa shape index (κ1) is 16.7. The average Bonchev–Trinajstić information content (AvgIpc) is 2.60. The molecule has 0 saturated carbocycles. The Bertz CT molecular complexity index is 690. The molecule has 0 aliphatic carbocycles. The molecule has 1 aliphatic rings. The fourth-order valence-corrected chi connectivity index (χ4v) is 3.41. The highest BCUT2D eigenvalue weighted by Gasteiger charge is 2.28. The van der Waals surface area contributed by atoms with Crippen molar-refractivity contribution in [3.05, 3.63) is 65.2 Å². The van der Waals surface area contributed by atoms with E-state index in [4.69, 9.17) is 0 Å². The molecule has 0 bridgehead atoms. The van der Waals surface area contributed by atoms with Crippen LogP contribution in [0.1, 0.15) is 42.0 Å². The number of carbonyl (C=O) groups is 1. The summed E-state index contributed by atoms with van der Waals surface area (Å²) >= 11 is 0. The van der Waals surface area contributed by atoms with Gasteiger partial charge in [-0.1, -0.05) is 48.9 Å². The average molecular weight is 322 g/mol. The van der Waals surface area contributed by atoms with E-state index in [1.807, 2.05) is 31.2 Å². The Hall–Kier alpha value is -2.13. The fraction of sp³-hybridized carbons (Fsp3) is 0.381. The summed E-state index contributed by atoms with van der Waals surface area (Å²) in [5, 5.41) is 3.17. The van der Waals surface area contributed by atoms with E-state index in [1.165, 1.54) is 19.3 Å². The van der Waals surface area contributed by atoms with Crippen LogP contribution in [0, 0.1) is 13.8 Å². The molecule has 1 heterocycles. The van der Waals surface area contributed by atoms with E-state index in [-0.39, 0.29) is 11.9 Å². The van der Waals surface area contributed by atoms with Crippen molar-refractivity contribution in [1.29, 1.82) is 0 Å². The number of anilines is 1. The minimum atomic E-state index is -0.216. The van der Waals surface area contributed by atoms with Gasteiger partial charge >= 0.3 is 0 Å². The summed E-state index contributed by atoms with van der Waals surface area (Å²) in [5.74, 6) is 0.0665. The summed E-state index contributed by atoms with van der Waals surface area (Å²) in [5.41, 5.74) is 4.24. The van der Waals surface area contributed by atoms with Crippen LogP contribution in [0.15, 0.2) is 48.5 Å². The zero-order chi connectivity index (χ0) is 16.9. The summed E-state index contributed by atoms with van der Waals surface area (Å²) in [4.78, 5) is 15.4. The predicted octanol–water partition coefficient (Wildman–Crippen LogP) is 4.47. The van der Waals surface area contributed by atoms with Crippen LogP contribution in [0.5, 0.6) is 0 Å². The van der Waals surface area contributed by atoms with Gasteiger partial charge in [-0.2, -0.15) is 0 Å².